The van der Waals surface area contributed by atoms with Gasteiger partial charge >= 0.3 is 0 Å². The zero-order chi connectivity index (χ0) is 15.1. The molecule has 0 aliphatic carbocycles. The standard InChI is InChI=1S/C12H16BrNO4S2/c1-9-3-4-10(13)7-12(9)20(17,18)14(2)11-5-6-19(15,16)8-11/h3-4,7,11H,5-6,8H2,1-2H3/t11-/m0/s1. The number of benzene rings is 1. The summed E-state index contributed by atoms with van der Waals surface area (Å²) < 4.78 is 50.1. The Morgan fingerprint density at radius 2 is 2.00 bits per heavy atom. The van der Waals surface area contributed by atoms with Crippen LogP contribution in [-0.2, 0) is 19.9 Å². The third-order valence-electron chi connectivity index (χ3n) is 3.53. The van der Waals surface area contributed by atoms with Crippen molar-refractivity contribution in [3.63, 3.8) is 0 Å². The highest BCUT2D eigenvalue weighted by molar-refractivity contribution is 9.10. The SMILES string of the molecule is Cc1ccc(Br)cc1S(=O)(=O)N(C)[C@H]1CCS(=O)(=O)C1. The second kappa shape index (κ2) is 5.40. The van der Waals surface area contributed by atoms with Gasteiger partial charge in [0.2, 0.25) is 10.0 Å². The third kappa shape index (κ3) is 3.08. The van der Waals surface area contributed by atoms with Crippen LogP contribution in [0.1, 0.15) is 12.0 Å². The summed E-state index contributed by atoms with van der Waals surface area (Å²) in [5.74, 6) is -0.0508. The zero-order valence-electron chi connectivity index (χ0n) is 11.2. The molecule has 1 saturated heterocycles. The molecule has 5 nitrogen and oxygen atoms in total. The number of rotatable bonds is 3. The highest BCUT2D eigenvalue weighted by Crippen LogP contribution is 2.27. The fourth-order valence-electron chi connectivity index (χ4n) is 2.27. The number of aryl methyl sites for hydroxylation is 1. The van der Waals surface area contributed by atoms with Crippen molar-refractivity contribution in [3.05, 3.63) is 28.2 Å². The van der Waals surface area contributed by atoms with E-state index < -0.39 is 25.9 Å². The summed E-state index contributed by atoms with van der Waals surface area (Å²) in [6.07, 6.45) is 0.352. The Hall–Kier alpha value is -0.440. The van der Waals surface area contributed by atoms with Gasteiger partial charge in [-0.3, -0.25) is 0 Å². The van der Waals surface area contributed by atoms with Crippen LogP contribution in [0.15, 0.2) is 27.6 Å². The van der Waals surface area contributed by atoms with E-state index in [1.807, 2.05) is 0 Å². The molecule has 1 aliphatic rings. The fraction of sp³-hybridized carbons (Fsp3) is 0.500. The molecule has 1 aromatic carbocycles. The summed E-state index contributed by atoms with van der Waals surface area (Å²) in [5, 5.41) is 0. The van der Waals surface area contributed by atoms with E-state index in [2.05, 4.69) is 15.9 Å². The molecule has 1 aliphatic heterocycles. The van der Waals surface area contributed by atoms with Crippen LogP contribution in [0.25, 0.3) is 0 Å². The van der Waals surface area contributed by atoms with E-state index in [9.17, 15) is 16.8 Å². The molecule has 112 valence electrons. The minimum atomic E-state index is -3.69. The van der Waals surface area contributed by atoms with E-state index in [1.54, 1.807) is 25.1 Å². The van der Waals surface area contributed by atoms with Crippen molar-refractivity contribution in [3.8, 4) is 0 Å². The fourth-order valence-corrected chi connectivity index (χ4v) is 6.28. The number of nitrogens with zero attached hydrogens (tertiary/aromatic N) is 1. The number of halogens is 1. The highest BCUT2D eigenvalue weighted by Gasteiger charge is 2.36. The molecular weight excluding hydrogens is 366 g/mol. The van der Waals surface area contributed by atoms with E-state index >= 15 is 0 Å². The van der Waals surface area contributed by atoms with Crippen LogP contribution < -0.4 is 0 Å². The molecule has 1 heterocycles. The Morgan fingerprint density at radius 3 is 2.55 bits per heavy atom. The average Bonchev–Trinajstić information content (AvgIpc) is 2.71. The number of sulfone groups is 1. The first-order chi connectivity index (χ1) is 9.13. The highest BCUT2D eigenvalue weighted by atomic mass is 79.9. The van der Waals surface area contributed by atoms with Crippen LogP contribution in [0.4, 0.5) is 0 Å². The monoisotopic (exact) mass is 381 g/mol. The van der Waals surface area contributed by atoms with E-state index in [1.165, 1.54) is 11.4 Å². The van der Waals surface area contributed by atoms with Crippen LogP contribution in [0.2, 0.25) is 0 Å². The predicted octanol–water partition coefficient (Wildman–Crippen LogP) is 1.57. The van der Waals surface area contributed by atoms with Crippen molar-refractivity contribution in [1.82, 2.24) is 4.31 Å². The predicted molar refractivity (Wildman–Crippen MR) is 80.9 cm³/mol. The Labute approximate surface area is 128 Å². The van der Waals surface area contributed by atoms with Gasteiger partial charge in [0, 0.05) is 17.6 Å². The maximum atomic E-state index is 12.6. The Kier molecular flexibility index (Phi) is 4.30. The van der Waals surface area contributed by atoms with Crippen LogP contribution in [0, 0.1) is 6.92 Å². The maximum absolute atomic E-state index is 12.6. The van der Waals surface area contributed by atoms with Gasteiger partial charge < -0.3 is 0 Å². The van der Waals surface area contributed by atoms with E-state index in [0.717, 1.165) is 0 Å². The lowest BCUT2D eigenvalue weighted by atomic mass is 10.2. The first kappa shape index (κ1) is 15.9. The molecule has 0 aromatic heterocycles. The molecule has 1 aromatic rings. The van der Waals surface area contributed by atoms with E-state index in [0.29, 0.717) is 16.5 Å². The average molecular weight is 382 g/mol. The van der Waals surface area contributed by atoms with Gasteiger partial charge in [-0.05, 0) is 31.0 Å². The Bertz CT molecular complexity index is 728. The molecule has 0 radical (unpaired) electrons. The molecule has 20 heavy (non-hydrogen) atoms. The Morgan fingerprint density at radius 1 is 1.35 bits per heavy atom. The molecule has 1 atom stereocenters. The minimum absolute atomic E-state index is 0.0506. The topological polar surface area (TPSA) is 71.5 Å². The smallest absolute Gasteiger partial charge is 0.229 e. The van der Waals surface area contributed by atoms with Crippen molar-refractivity contribution in [2.45, 2.75) is 24.3 Å². The van der Waals surface area contributed by atoms with Crippen LogP contribution in [-0.4, -0.2) is 45.7 Å². The maximum Gasteiger partial charge on any atom is 0.243 e. The second-order valence-electron chi connectivity index (χ2n) is 4.99. The lowest BCUT2D eigenvalue weighted by molar-refractivity contribution is 0.393. The summed E-state index contributed by atoms with van der Waals surface area (Å²) in [7, 11) is -5.36. The van der Waals surface area contributed by atoms with Crippen molar-refractivity contribution in [2.75, 3.05) is 18.6 Å². The van der Waals surface area contributed by atoms with Gasteiger partial charge in [0.05, 0.1) is 16.4 Å². The van der Waals surface area contributed by atoms with Gasteiger partial charge in [-0.1, -0.05) is 22.0 Å². The molecular formula is C12H16BrNO4S2. The number of hydrogen-bond acceptors (Lipinski definition) is 4. The first-order valence-electron chi connectivity index (χ1n) is 6.08. The zero-order valence-corrected chi connectivity index (χ0v) is 14.4. The van der Waals surface area contributed by atoms with Gasteiger partial charge in [0.1, 0.15) is 0 Å². The normalized spacial score (nSPS) is 22.3. The number of sulfonamides is 1. The molecule has 0 spiro atoms. The van der Waals surface area contributed by atoms with Crippen molar-refractivity contribution in [1.29, 1.82) is 0 Å². The van der Waals surface area contributed by atoms with Crippen molar-refractivity contribution >= 4 is 35.8 Å². The molecule has 0 amide bonds. The largest absolute Gasteiger partial charge is 0.243 e. The van der Waals surface area contributed by atoms with Gasteiger partial charge in [-0.25, -0.2) is 16.8 Å². The van der Waals surface area contributed by atoms with Gasteiger partial charge in [-0.2, -0.15) is 4.31 Å². The molecule has 8 heteroatoms. The third-order valence-corrected chi connectivity index (χ3v) is 7.83. The summed E-state index contributed by atoms with van der Waals surface area (Å²) >= 11 is 3.26. The molecule has 1 fully saturated rings. The van der Waals surface area contributed by atoms with E-state index in [4.69, 9.17) is 0 Å². The molecule has 2 rings (SSSR count). The van der Waals surface area contributed by atoms with Gasteiger partial charge in [0.15, 0.2) is 9.84 Å². The van der Waals surface area contributed by atoms with Crippen LogP contribution in [0.3, 0.4) is 0 Å². The molecule has 0 saturated carbocycles. The molecule has 0 unspecified atom stereocenters. The lowest BCUT2D eigenvalue weighted by Crippen LogP contribution is -2.38. The quantitative estimate of drug-likeness (QED) is 0.796. The van der Waals surface area contributed by atoms with Crippen LogP contribution in [0.5, 0.6) is 0 Å². The van der Waals surface area contributed by atoms with Gasteiger partial charge in [-0.15, -0.1) is 0 Å². The van der Waals surface area contributed by atoms with E-state index in [-0.39, 0.29) is 16.4 Å². The van der Waals surface area contributed by atoms with Crippen molar-refractivity contribution < 1.29 is 16.8 Å². The summed E-state index contributed by atoms with van der Waals surface area (Å²) in [6.45, 7) is 1.72. The number of hydrogen-bond donors (Lipinski definition) is 0. The second-order valence-corrected chi connectivity index (χ2v) is 10.1. The first-order valence-corrected chi connectivity index (χ1v) is 10.1. The Balaban J connectivity index is 2.38. The summed E-state index contributed by atoms with van der Waals surface area (Å²) in [4.78, 5) is 0.207. The molecule has 0 N–H and O–H groups in total. The minimum Gasteiger partial charge on any atom is -0.229 e. The van der Waals surface area contributed by atoms with Gasteiger partial charge in [0.25, 0.3) is 0 Å². The summed E-state index contributed by atoms with van der Waals surface area (Å²) in [6, 6.07) is 4.55. The van der Waals surface area contributed by atoms with Crippen molar-refractivity contribution in [2.24, 2.45) is 0 Å². The lowest BCUT2D eigenvalue weighted by Gasteiger charge is -2.23. The molecule has 0 bridgehead atoms. The van der Waals surface area contributed by atoms with Crippen LogP contribution >= 0.6 is 15.9 Å². The summed E-state index contributed by atoms with van der Waals surface area (Å²) in [5.41, 5.74) is 0.640.